The van der Waals surface area contributed by atoms with Gasteiger partial charge < -0.3 is 10.4 Å². The molecule has 1 aromatic rings. The number of amides is 1. The summed E-state index contributed by atoms with van der Waals surface area (Å²) in [6.07, 6.45) is 1.76. The van der Waals surface area contributed by atoms with Gasteiger partial charge in [0.15, 0.2) is 0 Å². The molecule has 0 heterocycles. The van der Waals surface area contributed by atoms with Crippen LogP contribution >= 0.6 is 0 Å². The number of nitrogens with one attached hydrogen (secondary N) is 1. The zero-order valence-corrected chi connectivity index (χ0v) is 9.64. The Kier molecular flexibility index (Phi) is 3.13. The van der Waals surface area contributed by atoms with E-state index >= 15 is 0 Å². The lowest BCUT2D eigenvalue weighted by molar-refractivity contribution is -0.139. The van der Waals surface area contributed by atoms with Crippen molar-refractivity contribution < 1.29 is 14.7 Å². The summed E-state index contributed by atoms with van der Waals surface area (Å²) in [4.78, 5) is 22.9. The number of hydrogen-bond donors (Lipinski definition) is 2. The van der Waals surface area contributed by atoms with Crippen molar-refractivity contribution in [3.63, 3.8) is 0 Å². The van der Waals surface area contributed by atoms with Crippen molar-refractivity contribution in [3.05, 3.63) is 35.4 Å². The highest BCUT2D eigenvalue weighted by molar-refractivity contribution is 5.96. The van der Waals surface area contributed by atoms with E-state index in [1.54, 1.807) is 18.2 Å². The summed E-state index contributed by atoms with van der Waals surface area (Å²) < 4.78 is 0. The number of aryl methyl sites for hydroxylation is 1. The van der Waals surface area contributed by atoms with E-state index in [1.165, 1.54) is 0 Å². The van der Waals surface area contributed by atoms with E-state index < -0.39 is 12.0 Å². The lowest BCUT2D eigenvalue weighted by Gasteiger charge is -2.13. The molecule has 0 spiro atoms. The van der Waals surface area contributed by atoms with E-state index in [0.717, 1.165) is 18.4 Å². The summed E-state index contributed by atoms with van der Waals surface area (Å²) in [6, 6.07) is 6.38. The number of carbonyl (C=O) groups excluding carboxylic acids is 1. The first-order valence-electron chi connectivity index (χ1n) is 5.68. The van der Waals surface area contributed by atoms with Gasteiger partial charge in [-0.2, -0.15) is 0 Å². The normalized spacial score (nSPS) is 16.3. The first kappa shape index (κ1) is 11.6. The molecular formula is C13H15NO3. The number of benzene rings is 1. The van der Waals surface area contributed by atoms with E-state index in [-0.39, 0.29) is 11.8 Å². The molecule has 0 radical (unpaired) electrons. The zero-order chi connectivity index (χ0) is 12.4. The number of carbonyl (C=O) groups is 2. The van der Waals surface area contributed by atoms with Crippen LogP contribution in [0, 0.1) is 12.8 Å². The highest BCUT2D eigenvalue weighted by atomic mass is 16.4. The molecule has 4 nitrogen and oxygen atoms in total. The third-order valence-corrected chi connectivity index (χ3v) is 2.93. The number of carboxylic acids is 1. The molecule has 1 aliphatic carbocycles. The van der Waals surface area contributed by atoms with Gasteiger partial charge in [0.2, 0.25) is 0 Å². The molecule has 1 unspecified atom stereocenters. The van der Waals surface area contributed by atoms with Crippen LogP contribution in [0.4, 0.5) is 0 Å². The first-order chi connectivity index (χ1) is 8.08. The standard InChI is InChI=1S/C13H15NO3/c1-8-3-2-4-10(7-8)12(15)14-11(13(16)17)9-5-6-9/h2-4,7,9,11H,5-6H2,1H3,(H,14,15)(H,16,17). The molecule has 0 aromatic heterocycles. The third kappa shape index (κ3) is 2.84. The topological polar surface area (TPSA) is 66.4 Å². The fourth-order valence-corrected chi connectivity index (χ4v) is 1.82. The molecule has 1 aliphatic rings. The first-order valence-corrected chi connectivity index (χ1v) is 5.68. The summed E-state index contributed by atoms with van der Waals surface area (Å²) in [6.45, 7) is 1.90. The Morgan fingerprint density at radius 1 is 1.41 bits per heavy atom. The van der Waals surface area contributed by atoms with E-state index in [2.05, 4.69) is 5.32 Å². The van der Waals surface area contributed by atoms with Gasteiger partial charge in [0, 0.05) is 5.56 Å². The highest BCUT2D eigenvalue weighted by Gasteiger charge is 2.37. The minimum absolute atomic E-state index is 0.0984. The molecule has 2 rings (SSSR count). The van der Waals surface area contributed by atoms with Crippen molar-refractivity contribution >= 4 is 11.9 Å². The number of carboxylic acid groups (broad SMARTS) is 1. The second kappa shape index (κ2) is 4.57. The zero-order valence-electron chi connectivity index (χ0n) is 9.64. The van der Waals surface area contributed by atoms with E-state index in [4.69, 9.17) is 5.11 Å². The van der Waals surface area contributed by atoms with Crippen LogP contribution < -0.4 is 5.32 Å². The SMILES string of the molecule is Cc1cccc(C(=O)NC(C(=O)O)C2CC2)c1. The van der Waals surface area contributed by atoms with Crippen LogP contribution in [0.5, 0.6) is 0 Å². The maximum atomic E-state index is 11.9. The van der Waals surface area contributed by atoms with Gasteiger partial charge in [-0.25, -0.2) is 4.79 Å². The fraction of sp³-hybridized carbons (Fsp3) is 0.385. The Morgan fingerprint density at radius 3 is 2.65 bits per heavy atom. The predicted molar refractivity (Wildman–Crippen MR) is 62.8 cm³/mol. The average Bonchev–Trinajstić information content (AvgIpc) is 3.09. The molecular weight excluding hydrogens is 218 g/mol. The average molecular weight is 233 g/mol. The Balaban J connectivity index is 2.07. The van der Waals surface area contributed by atoms with Gasteiger partial charge in [-0.1, -0.05) is 17.7 Å². The molecule has 1 aromatic carbocycles. The summed E-state index contributed by atoms with van der Waals surface area (Å²) in [5, 5.41) is 11.6. The molecule has 1 amide bonds. The lowest BCUT2D eigenvalue weighted by atomic mass is 10.1. The summed E-state index contributed by atoms with van der Waals surface area (Å²) in [7, 11) is 0. The van der Waals surface area contributed by atoms with Crippen molar-refractivity contribution in [3.8, 4) is 0 Å². The van der Waals surface area contributed by atoms with Crippen LogP contribution in [0.15, 0.2) is 24.3 Å². The summed E-state index contributed by atoms with van der Waals surface area (Å²) in [5.74, 6) is -1.16. The smallest absolute Gasteiger partial charge is 0.326 e. The highest BCUT2D eigenvalue weighted by Crippen LogP contribution is 2.32. The number of aliphatic carboxylic acids is 1. The van der Waals surface area contributed by atoms with Crippen molar-refractivity contribution in [2.75, 3.05) is 0 Å². The van der Waals surface area contributed by atoms with Crippen LogP contribution in [0.2, 0.25) is 0 Å². The van der Waals surface area contributed by atoms with Crippen molar-refractivity contribution in [1.29, 1.82) is 0 Å². The molecule has 2 N–H and O–H groups in total. The van der Waals surface area contributed by atoms with E-state index in [9.17, 15) is 9.59 Å². The van der Waals surface area contributed by atoms with Gasteiger partial charge in [0.1, 0.15) is 6.04 Å². The molecule has 1 saturated carbocycles. The number of rotatable bonds is 4. The predicted octanol–water partition coefficient (Wildman–Crippen LogP) is 1.59. The maximum absolute atomic E-state index is 11.9. The minimum atomic E-state index is -0.950. The Bertz CT molecular complexity index is 452. The maximum Gasteiger partial charge on any atom is 0.326 e. The molecule has 0 aliphatic heterocycles. The molecule has 90 valence electrons. The fourth-order valence-electron chi connectivity index (χ4n) is 1.82. The van der Waals surface area contributed by atoms with Crippen LogP contribution in [0.3, 0.4) is 0 Å². The second-order valence-electron chi connectivity index (χ2n) is 4.50. The molecule has 1 atom stereocenters. The minimum Gasteiger partial charge on any atom is -0.480 e. The van der Waals surface area contributed by atoms with Gasteiger partial charge >= 0.3 is 5.97 Å². The van der Waals surface area contributed by atoms with Gasteiger partial charge in [-0.15, -0.1) is 0 Å². The van der Waals surface area contributed by atoms with Crippen molar-refractivity contribution in [2.45, 2.75) is 25.8 Å². The Hall–Kier alpha value is -1.84. The van der Waals surface area contributed by atoms with Crippen LogP contribution in [0.25, 0.3) is 0 Å². The molecule has 17 heavy (non-hydrogen) atoms. The monoisotopic (exact) mass is 233 g/mol. The quantitative estimate of drug-likeness (QED) is 0.829. The summed E-state index contributed by atoms with van der Waals surface area (Å²) in [5.41, 5.74) is 1.49. The second-order valence-corrected chi connectivity index (χ2v) is 4.50. The van der Waals surface area contributed by atoms with Crippen molar-refractivity contribution in [1.82, 2.24) is 5.32 Å². The van der Waals surface area contributed by atoms with Crippen LogP contribution in [-0.4, -0.2) is 23.0 Å². The van der Waals surface area contributed by atoms with Gasteiger partial charge in [-0.05, 0) is 37.8 Å². The van der Waals surface area contributed by atoms with Crippen LogP contribution in [0.1, 0.15) is 28.8 Å². The molecule has 0 saturated heterocycles. The Morgan fingerprint density at radius 2 is 2.12 bits per heavy atom. The van der Waals surface area contributed by atoms with E-state index in [0.29, 0.717) is 5.56 Å². The molecule has 4 heteroatoms. The number of hydrogen-bond acceptors (Lipinski definition) is 2. The summed E-state index contributed by atoms with van der Waals surface area (Å²) >= 11 is 0. The molecule has 0 bridgehead atoms. The van der Waals surface area contributed by atoms with Gasteiger partial charge in [0.05, 0.1) is 0 Å². The van der Waals surface area contributed by atoms with Crippen LogP contribution in [-0.2, 0) is 4.79 Å². The third-order valence-electron chi connectivity index (χ3n) is 2.93. The van der Waals surface area contributed by atoms with Crippen molar-refractivity contribution in [2.24, 2.45) is 5.92 Å². The molecule has 1 fully saturated rings. The van der Waals surface area contributed by atoms with Gasteiger partial charge in [0.25, 0.3) is 5.91 Å². The lowest BCUT2D eigenvalue weighted by Crippen LogP contribution is -2.42. The Labute approximate surface area is 99.6 Å². The largest absolute Gasteiger partial charge is 0.480 e. The van der Waals surface area contributed by atoms with Gasteiger partial charge in [-0.3, -0.25) is 4.79 Å². The van der Waals surface area contributed by atoms with E-state index in [1.807, 2.05) is 13.0 Å².